The third kappa shape index (κ3) is 11.0. The van der Waals surface area contributed by atoms with Crippen LogP contribution in [0, 0.1) is 0 Å². The Morgan fingerprint density at radius 1 is 0.604 bits per heavy atom. The Kier molecular flexibility index (Phi) is 16.2. The third-order valence-electron chi connectivity index (χ3n) is 7.24. The molecule has 0 aliphatic heterocycles. The minimum absolute atomic E-state index is 0.159. The molecule has 0 fully saturated rings. The van der Waals surface area contributed by atoms with Gasteiger partial charge < -0.3 is 14.7 Å². The lowest BCUT2D eigenvalue weighted by atomic mass is 9.67. The van der Waals surface area contributed by atoms with Gasteiger partial charge in [-0.25, -0.2) is 0 Å². The first kappa shape index (κ1) is 37.3. The van der Waals surface area contributed by atoms with Crippen LogP contribution in [0.15, 0.2) is 140 Å². The molecule has 0 bridgehead atoms. The van der Waals surface area contributed by atoms with E-state index < -0.39 is 7.32 Å². The first-order valence-corrected chi connectivity index (χ1v) is 15.8. The van der Waals surface area contributed by atoms with Crippen molar-refractivity contribution in [3.05, 3.63) is 168 Å². The van der Waals surface area contributed by atoms with Gasteiger partial charge >= 0.3 is 0 Å². The van der Waals surface area contributed by atoms with Gasteiger partial charge in [-0.2, -0.15) is 0 Å². The molecule has 2 heterocycles. The van der Waals surface area contributed by atoms with Crippen LogP contribution in [0.25, 0.3) is 0 Å². The van der Waals surface area contributed by atoms with E-state index in [1.54, 1.807) is 36.7 Å². The maximum absolute atomic E-state index is 10.7. The smallest absolute Gasteiger partial charge is 0.296 e. The van der Waals surface area contributed by atoms with Gasteiger partial charge in [0.25, 0.3) is 11.4 Å². The minimum Gasteiger partial charge on any atom is -0.871 e. The molecule has 0 spiro atoms. The standard InChI is InChI=1S/C22H21BO3.2C8H10NO2/c24-23(25)26-18-10-17-22(19-11-4-1-5-12-19,20-13-6-2-7-14-20)21-15-8-3-9-16-21;2*1-2-11-9-6-4-3-5-8(9)7-10/h1-9,11-16H,10,17-18H2;2*3-7H,2H2,1H3/q-2;2*+1. The summed E-state index contributed by atoms with van der Waals surface area (Å²) in [5.41, 5.74) is 4.22. The number of rotatable bonds is 14. The number of nitrogens with zero attached hydrogens (tertiary/aromatic N) is 2. The summed E-state index contributed by atoms with van der Waals surface area (Å²) in [4.78, 5) is 31.0. The first-order chi connectivity index (χ1) is 23.5. The van der Waals surface area contributed by atoms with Gasteiger partial charge in [0.1, 0.15) is 0 Å². The number of carbonyl (C=O) groups is 2. The number of benzene rings is 3. The van der Waals surface area contributed by atoms with E-state index in [0.717, 1.165) is 19.0 Å². The van der Waals surface area contributed by atoms with Crippen LogP contribution in [0.3, 0.4) is 0 Å². The first-order valence-electron chi connectivity index (χ1n) is 15.8. The van der Waals surface area contributed by atoms with Crippen molar-refractivity contribution in [2.45, 2.75) is 32.1 Å². The molecule has 48 heavy (non-hydrogen) atoms. The topological polar surface area (TPSA) is 116 Å². The minimum atomic E-state index is -2.23. The van der Waals surface area contributed by atoms with Gasteiger partial charge in [-0.3, -0.25) is 19.3 Å². The molecular formula is C38H41BN2O7. The number of hydrogen-bond acceptors (Lipinski definition) is 7. The van der Waals surface area contributed by atoms with Gasteiger partial charge in [0.2, 0.25) is 25.0 Å². The molecule has 5 aromatic rings. The van der Waals surface area contributed by atoms with E-state index in [-0.39, 0.29) is 12.0 Å². The van der Waals surface area contributed by atoms with Gasteiger partial charge in [-0.1, -0.05) is 91.0 Å². The highest BCUT2D eigenvalue weighted by molar-refractivity contribution is 6.28. The summed E-state index contributed by atoms with van der Waals surface area (Å²) in [6.07, 6.45) is 6.27. The Hall–Kier alpha value is -5.16. The molecule has 9 nitrogen and oxygen atoms in total. The van der Waals surface area contributed by atoms with Crippen molar-refractivity contribution in [2.24, 2.45) is 0 Å². The van der Waals surface area contributed by atoms with E-state index in [0.29, 0.717) is 31.0 Å². The van der Waals surface area contributed by atoms with Crippen LogP contribution in [0.5, 0.6) is 0 Å². The van der Waals surface area contributed by atoms with Gasteiger partial charge in [-0.15, -0.1) is 0 Å². The quantitative estimate of drug-likeness (QED) is 0.0598. The van der Waals surface area contributed by atoms with Crippen molar-refractivity contribution in [2.75, 3.05) is 19.8 Å². The summed E-state index contributed by atoms with van der Waals surface area (Å²) in [6, 6.07) is 41.6. The Balaban J connectivity index is 0.000000233. The van der Waals surface area contributed by atoms with Crippen LogP contribution in [-0.4, -0.2) is 39.7 Å². The van der Waals surface area contributed by atoms with Crippen molar-refractivity contribution in [1.29, 1.82) is 0 Å². The van der Waals surface area contributed by atoms with Crippen molar-refractivity contribution < 1.29 is 43.4 Å². The lowest BCUT2D eigenvalue weighted by Gasteiger charge is -2.37. The molecule has 0 saturated heterocycles. The molecule has 2 aromatic heterocycles. The molecule has 0 N–H and O–H groups in total. The Labute approximate surface area is 282 Å². The van der Waals surface area contributed by atoms with Crippen molar-refractivity contribution in [3.8, 4) is 0 Å². The Morgan fingerprint density at radius 2 is 0.979 bits per heavy atom. The lowest BCUT2D eigenvalue weighted by Crippen LogP contribution is -2.48. The predicted octanol–water partition coefficient (Wildman–Crippen LogP) is 2.99. The van der Waals surface area contributed by atoms with Crippen LogP contribution >= 0.6 is 0 Å². The number of aromatic nitrogens is 2. The third-order valence-corrected chi connectivity index (χ3v) is 7.24. The normalized spacial score (nSPS) is 10.3. The second-order valence-corrected chi connectivity index (χ2v) is 10.2. The molecular weight excluding hydrogens is 607 g/mol. The van der Waals surface area contributed by atoms with Crippen LogP contribution in [0.1, 0.15) is 64.4 Å². The number of aldehydes is 2. The summed E-state index contributed by atoms with van der Waals surface area (Å²) in [6.45, 7) is 5.00. The summed E-state index contributed by atoms with van der Waals surface area (Å²) in [5.74, 6) is 0. The number of hydrogen-bond donors (Lipinski definition) is 0. The van der Waals surface area contributed by atoms with E-state index in [9.17, 15) is 19.6 Å². The highest BCUT2D eigenvalue weighted by Gasteiger charge is 2.35. The second kappa shape index (κ2) is 20.9. The van der Waals surface area contributed by atoms with E-state index in [2.05, 4.69) is 36.4 Å². The molecule has 0 amide bonds. The molecule has 0 aliphatic carbocycles. The SMILES string of the molecule is CCO[n+]1ccccc1C=O.CCO[n+]1ccccc1C=O.[O-]B([O-])OCCCC(c1ccccc1)(c1ccccc1)c1ccccc1. The Bertz CT molecular complexity index is 1470. The van der Waals surface area contributed by atoms with E-state index in [1.165, 1.54) is 26.2 Å². The van der Waals surface area contributed by atoms with Crippen molar-refractivity contribution in [1.82, 2.24) is 0 Å². The van der Waals surface area contributed by atoms with Gasteiger partial charge in [-0.05, 0) is 55.5 Å². The summed E-state index contributed by atoms with van der Waals surface area (Å²) < 4.78 is 7.64. The van der Waals surface area contributed by atoms with Gasteiger partial charge in [0.15, 0.2) is 13.2 Å². The summed E-state index contributed by atoms with van der Waals surface area (Å²) in [5, 5.41) is 21.4. The summed E-state index contributed by atoms with van der Waals surface area (Å²) >= 11 is 0. The largest absolute Gasteiger partial charge is 0.871 e. The molecule has 0 atom stereocenters. The monoisotopic (exact) mass is 648 g/mol. The van der Waals surface area contributed by atoms with Crippen LogP contribution in [0.2, 0.25) is 0 Å². The maximum atomic E-state index is 10.7. The van der Waals surface area contributed by atoms with E-state index >= 15 is 0 Å². The molecule has 0 saturated carbocycles. The number of pyridine rings is 2. The highest BCUT2D eigenvalue weighted by Crippen LogP contribution is 2.42. The van der Waals surface area contributed by atoms with E-state index in [4.69, 9.17) is 14.3 Å². The van der Waals surface area contributed by atoms with Crippen LogP contribution < -0.4 is 29.2 Å². The fourth-order valence-corrected chi connectivity index (χ4v) is 5.20. The van der Waals surface area contributed by atoms with Gasteiger partial charge in [0, 0.05) is 45.7 Å². The zero-order valence-electron chi connectivity index (χ0n) is 27.3. The fourth-order valence-electron chi connectivity index (χ4n) is 5.20. The zero-order chi connectivity index (χ0) is 34.5. The Morgan fingerprint density at radius 3 is 1.31 bits per heavy atom. The molecule has 0 aliphatic rings. The lowest BCUT2D eigenvalue weighted by molar-refractivity contribution is -0.891. The fraction of sp³-hybridized carbons (Fsp3) is 0.211. The molecule has 0 radical (unpaired) electrons. The zero-order valence-corrected chi connectivity index (χ0v) is 27.3. The van der Waals surface area contributed by atoms with Crippen molar-refractivity contribution in [3.63, 3.8) is 0 Å². The van der Waals surface area contributed by atoms with Gasteiger partial charge in [0.05, 0.1) is 7.32 Å². The van der Waals surface area contributed by atoms with Crippen molar-refractivity contribution >= 4 is 19.9 Å². The molecule has 10 heteroatoms. The van der Waals surface area contributed by atoms with Crippen LogP contribution in [0.4, 0.5) is 0 Å². The highest BCUT2D eigenvalue weighted by atomic mass is 16.7. The molecule has 3 aromatic carbocycles. The molecule has 248 valence electrons. The molecule has 0 unspecified atom stereocenters. The average Bonchev–Trinajstić information content (AvgIpc) is 3.14. The van der Waals surface area contributed by atoms with E-state index in [1.807, 2.05) is 80.6 Å². The number of carbonyl (C=O) groups excluding carboxylic acids is 2. The second-order valence-electron chi connectivity index (χ2n) is 10.2. The molecule has 5 rings (SSSR count). The van der Waals surface area contributed by atoms with Crippen LogP contribution in [-0.2, 0) is 10.1 Å². The predicted molar refractivity (Wildman–Crippen MR) is 178 cm³/mol. The summed E-state index contributed by atoms with van der Waals surface area (Å²) in [7, 11) is -2.23. The average molecular weight is 649 g/mol. The maximum Gasteiger partial charge on any atom is 0.296 e.